The molecule has 0 bridgehead atoms. The Labute approximate surface area is 112 Å². The van der Waals surface area contributed by atoms with Gasteiger partial charge in [-0.2, -0.15) is 0 Å². The molecule has 2 saturated carbocycles. The second-order valence-corrected chi connectivity index (χ2v) is 6.06. The van der Waals surface area contributed by atoms with Crippen LogP contribution in [0, 0.1) is 17.8 Å². The molecule has 3 fully saturated rings. The first-order valence-electron chi connectivity index (χ1n) is 7.33. The largest absolute Gasteiger partial charge is 0.330 e. The van der Waals surface area contributed by atoms with Crippen molar-refractivity contribution in [1.82, 2.24) is 10.2 Å². The molecule has 1 unspecified atom stereocenters. The van der Waals surface area contributed by atoms with Gasteiger partial charge in [-0.05, 0) is 37.5 Å². The first kappa shape index (κ1) is 12.6. The van der Waals surface area contributed by atoms with E-state index in [1.165, 1.54) is 11.3 Å². The van der Waals surface area contributed by atoms with Gasteiger partial charge in [-0.3, -0.25) is 19.8 Å². The predicted octanol–water partition coefficient (Wildman–Crippen LogP) is 1.67. The van der Waals surface area contributed by atoms with E-state index >= 15 is 0 Å². The number of urea groups is 1. The van der Waals surface area contributed by atoms with Gasteiger partial charge in [0.25, 0.3) is 0 Å². The van der Waals surface area contributed by atoms with Crippen LogP contribution in [0.5, 0.6) is 0 Å². The number of carbonyl (C=O) groups is 3. The Morgan fingerprint density at radius 2 is 1.68 bits per heavy atom. The fourth-order valence-corrected chi connectivity index (χ4v) is 3.44. The van der Waals surface area contributed by atoms with Crippen molar-refractivity contribution in [2.24, 2.45) is 17.8 Å². The molecule has 0 radical (unpaired) electrons. The molecule has 1 N–H and O–H groups in total. The van der Waals surface area contributed by atoms with Gasteiger partial charge in [0.05, 0.1) is 0 Å². The second-order valence-electron chi connectivity index (χ2n) is 6.06. The zero-order valence-electron chi connectivity index (χ0n) is 11.1. The number of barbiturate groups is 1. The standard InChI is InChI=1S/C14H20N2O3/c17-12-11(10-6-1-2-7-10)13(18)16(14(19)15-12)8-9-4-3-5-9/h9-11H,1-8H2,(H,15,17,19). The maximum Gasteiger partial charge on any atom is 0.330 e. The summed E-state index contributed by atoms with van der Waals surface area (Å²) < 4.78 is 0. The normalized spacial score (nSPS) is 29.6. The van der Waals surface area contributed by atoms with Crippen LogP contribution in [0.15, 0.2) is 0 Å². The van der Waals surface area contributed by atoms with Crippen LogP contribution in [0.25, 0.3) is 0 Å². The molecular formula is C14H20N2O3. The number of amides is 4. The summed E-state index contributed by atoms with van der Waals surface area (Å²) in [4.78, 5) is 37.5. The monoisotopic (exact) mass is 264 g/mol. The molecule has 1 aliphatic heterocycles. The molecule has 3 rings (SSSR count). The van der Waals surface area contributed by atoms with Crippen LogP contribution in [-0.2, 0) is 9.59 Å². The Kier molecular flexibility index (Phi) is 3.29. The molecule has 2 aliphatic carbocycles. The van der Waals surface area contributed by atoms with E-state index in [9.17, 15) is 14.4 Å². The van der Waals surface area contributed by atoms with Gasteiger partial charge >= 0.3 is 6.03 Å². The van der Waals surface area contributed by atoms with Crippen molar-refractivity contribution < 1.29 is 14.4 Å². The van der Waals surface area contributed by atoms with Crippen molar-refractivity contribution in [2.45, 2.75) is 44.9 Å². The first-order chi connectivity index (χ1) is 9.16. The van der Waals surface area contributed by atoms with Crippen molar-refractivity contribution in [3.05, 3.63) is 0 Å². The van der Waals surface area contributed by atoms with E-state index in [-0.39, 0.29) is 17.7 Å². The minimum atomic E-state index is -0.625. The minimum absolute atomic E-state index is 0.129. The highest BCUT2D eigenvalue weighted by Crippen LogP contribution is 2.35. The lowest BCUT2D eigenvalue weighted by Gasteiger charge is -2.36. The SMILES string of the molecule is O=C1NC(=O)N(CC2CCC2)C(=O)C1C1CCCC1. The molecule has 5 heteroatoms. The third-order valence-corrected chi connectivity index (χ3v) is 4.83. The van der Waals surface area contributed by atoms with E-state index in [4.69, 9.17) is 0 Å². The molecule has 4 amide bonds. The zero-order chi connectivity index (χ0) is 13.4. The van der Waals surface area contributed by atoms with Crippen molar-refractivity contribution in [3.63, 3.8) is 0 Å². The van der Waals surface area contributed by atoms with Crippen molar-refractivity contribution in [1.29, 1.82) is 0 Å². The average Bonchev–Trinajstić information content (AvgIpc) is 2.79. The maximum atomic E-state index is 12.5. The quantitative estimate of drug-likeness (QED) is 0.788. The topological polar surface area (TPSA) is 66.5 Å². The molecular weight excluding hydrogens is 244 g/mol. The third-order valence-electron chi connectivity index (χ3n) is 4.83. The lowest BCUT2D eigenvalue weighted by molar-refractivity contribution is -0.145. The Balaban J connectivity index is 1.74. The smallest absolute Gasteiger partial charge is 0.277 e. The van der Waals surface area contributed by atoms with Gasteiger partial charge in [-0.15, -0.1) is 0 Å². The van der Waals surface area contributed by atoms with Crippen LogP contribution in [0.2, 0.25) is 0 Å². The molecule has 1 heterocycles. The lowest BCUT2D eigenvalue weighted by Crippen LogP contribution is -2.60. The Hall–Kier alpha value is -1.39. The summed E-state index contributed by atoms with van der Waals surface area (Å²) in [5.74, 6) is -0.698. The van der Waals surface area contributed by atoms with Crippen LogP contribution in [0.3, 0.4) is 0 Å². The molecule has 5 nitrogen and oxygen atoms in total. The summed E-state index contributed by atoms with van der Waals surface area (Å²) >= 11 is 0. The van der Waals surface area contributed by atoms with E-state index in [0.717, 1.165) is 38.5 Å². The first-order valence-corrected chi connectivity index (χ1v) is 7.33. The Morgan fingerprint density at radius 1 is 1.00 bits per heavy atom. The van der Waals surface area contributed by atoms with Crippen molar-refractivity contribution >= 4 is 17.8 Å². The van der Waals surface area contributed by atoms with E-state index < -0.39 is 11.9 Å². The summed E-state index contributed by atoms with van der Waals surface area (Å²) in [6, 6.07) is -0.517. The summed E-state index contributed by atoms with van der Waals surface area (Å²) in [5.41, 5.74) is 0. The molecule has 0 aromatic carbocycles. The van der Waals surface area contributed by atoms with E-state index in [2.05, 4.69) is 5.32 Å². The number of hydrogen-bond acceptors (Lipinski definition) is 3. The minimum Gasteiger partial charge on any atom is -0.277 e. The van der Waals surface area contributed by atoms with E-state index in [0.29, 0.717) is 12.5 Å². The molecule has 0 aromatic heterocycles. The Bertz CT molecular complexity index is 411. The van der Waals surface area contributed by atoms with Crippen molar-refractivity contribution in [2.75, 3.05) is 6.54 Å². The maximum absolute atomic E-state index is 12.5. The van der Waals surface area contributed by atoms with E-state index in [1.807, 2.05) is 0 Å². The highest BCUT2D eigenvalue weighted by molar-refractivity contribution is 6.16. The molecule has 1 atom stereocenters. The summed E-state index contributed by atoms with van der Waals surface area (Å²) in [6.07, 6.45) is 7.36. The summed E-state index contributed by atoms with van der Waals surface area (Å²) in [7, 11) is 0. The fourth-order valence-electron chi connectivity index (χ4n) is 3.44. The molecule has 0 aromatic rings. The van der Waals surface area contributed by atoms with Gasteiger partial charge in [0.15, 0.2) is 0 Å². The van der Waals surface area contributed by atoms with Crippen LogP contribution in [0.4, 0.5) is 4.79 Å². The van der Waals surface area contributed by atoms with Crippen LogP contribution < -0.4 is 5.32 Å². The molecule has 3 aliphatic rings. The van der Waals surface area contributed by atoms with Crippen molar-refractivity contribution in [3.8, 4) is 0 Å². The third kappa shape index (κ3) is 2.26. The van der Waals surface area contributed by atoms with Gasteiger partial charge in [-0.1, -0.05) is 19.3 Å². The van der Waals surface area contributed by atoms with E-state index in [1.54, 1.807) is 0 Å². The number of nitrogens with zero attached hydrogens (tertiary/aromatic N) is 1. The number of rotatable bonds is 3. The summed E-state index contributed by atoms with van der Waals surface area (Å²) in [6.45, 7) is 0.487. The fraction of sp³-hybridized carbons (Fsp3) is 0.786. The number of nitrogens with one attached hydrogen (secondary N) is 1. The zero-order valence-corrected chi connectivity index (χ0v) is 11.1. The van der Waals surface area contributed by atoms with Gasteiger partial charge in [0, 0.05) is 6.54 Å². The second kappa shape index (κ2) is 4.94. The molecule has 19 heavy (non-hydrogen) atoms. The van der Waals surface area contributed by atoms with Gasteiger partial charge in [0.2, 0.25) is 11.8 Å². The molecule has 1 saturated heterocycles. The van der Waals surface area contributed by atoms with Gasteiger partial charge in [0.1, 0.15) is 5.92 Å². The average molecular weight is 264 g/mol. The van der Waals surface area contributed by atoms with Gasteiger partial charge in [-0.25, -0.2) is 4.79 Å². The summed E-state index contributed by atoms with van der Waals surface area (Å²) in [5, 5.41) is 2.37. The predicted molar refractivity (Wildman–Crippen MR) is 68.0 cm³/mol. The van der Waals surface area contributed by atoms with Gasteiger partial charge < -0.3 is 0 Å². The molecule has 104 valence electrons. The Morgan fingerprint density at radius 3 is 2.26 bits per heavy atom. The van der Waals surface area contributed by atoms with Crippen LogP contribution in [-0.4, -0.2) is 29.3 Å². The lowest BCUT2D eigenvalue weighted by atomic mass is 9.83. The highest BCUT2D eigenvalue weighted by Gasteiger charge is 2.45. The number of hydrogen-bond donors (Lipinski definition) is 1. The highest BCUT2D eigenvalue weighted by atomic mass is 16.2. The number of imide groups is 2. The molecule has 0 spiro atoms. The van der Waals surface area contributed by atoms with Crippen LogP contribution >= 0.6 is 0 Å². The van der Waals surface area contributed by atoms with Crippen LogP contribution in [0.1, 0.15) is 44.9 Å². The number of carbonyl (C=O) groups excluding carboxylic acids is 3.